The lowest BCUT2D eigenvalue weighted by Gasteiger charge is -2.32. The Labute approximate surface area is 117 Å². The fraction of sp³-hybridized carbons (Fsp3) is 0.556. The van der Waals surface area contributed by atoms with E-state index in [1.54, 1.807) is 0 Å². The molecule has 3 atom stereocenters. The summed E-state index contributed by atoms with van der Waals surface area (Å²) in [5.74, 6) is 0.825. The summed E-state index contributed by atoms with van der Waals surface area (Å²) in [5.41, 5.74) is 1.46. The van der Waals surface area contributed by atoms with Gasteiger partial charge in [-0.15, -0.1) is 0 Å². The minimum absolute atomic E-state index is 0.705. The Balaban J connectivity index is 1.66. The number of hydrogen-bond acceptors (Lipinski definition) is 1. The summed E-state index contributed by atoms with van der Waals surface area (Å²) in [6, 6.07) is 12.5. The molecule has 102 valence electrons. The summed E-state index contributed by atoms with van der Waals surface area (Å²) >= 11 is 0. The minimum Gasteiger partial charge on any atom is -0.289 e. The van der Waals surface area contributed by atoms with Crippen molar-refractivity contribution in [3.8, 4) is 0 Å². The summed E-state index contributed by atoms with van der Waals surface area (Å²) in [4.78, 5) is 2.75. The monoisotopic (exact) mass is 255 g/mol. The zero-order valence-electron chi connectivity index (χ0n) is 12.0. The SMILES string of the molecule is CCCCC[C@@H]1[C@H]2C=C[C@H](C2)N1Cc1ccccc1. The van der Waals surface area contributed by atoms with Crippen LogP contribution in [0.4, 0.5) is 0 Å². The van der Waals surface area contributed by atoms with Crippen LogP contribution in [0.15, 0.2) is 42.5 Å². The van der Waals surface area contributed by atoms with Gasteiger partial charge in [0.1, 0.15) is 0 Å². The highest BCUT2D eigenvalue weighted by Crippen LogP contribution is 2.40. The van der Waals surface area contributed by atoms with Crippen molar-refractivity contribution in [3.63, 3.8) is 0 Å². The first-order valence-corrected chi connectivity index (χ1v) is 7.86. The number of unbranched alkanes of at least 4 members (excludes halogenated alkanes) is 2. The molecular formula is C18H25N. The molecule has 19 heavy (non-hydrogen) atoms. The Morgan fingerprint density at radius 3 is 2.74 bits per heavy atom. The van der Waals surface area contributed by atoms with E-state index < -0.39 is 0 Å². The summed E-state index contributed by atoms with van der Waals surface area (Å²) in [5, 5.41) is 0. The Kier molecular flexibility index (Phi) is 4.03. The van der Waals surface area contributed by atoms with Gasteiger partial charge in [0.2, 0.25) is 0 Å². The molecule has 1 aromatic carbocycles. The number of fused-ring (bicyclic) bond motifs is 2. The third-order valence-corrected chi connectivity index (χ3v) is 4.75. The fourth-order valence-electron chi connectivity index (χ4n) is 3.74. The van der Waals surface area contributed by atoms with Gasteiger partial charge in [0.05, 0.1) is 0 Å². The zero-order chi connectivity index (χ0) is 13.1. The van der Waals surface area contributed by atoms with Crippen LogP contribution in [0.25, 0.3) is 0 Å². The van der Waals surface area contributed by atoms with Crippen LogP contribution in [0.3, 0.4) is 0 Å². The van der Waals surface area contributed by atoms with Crippen molar-refractivity contribution in [1.29, 1.82) is 0 Å². The van der Waals surface area contributed by atoms with Crippen molar-refractivity contribution in [1.82, 2.24) is 4.90 Å². The van der Waals surface area contributed by atoms with Crippen LogP contribution in [-0.4, -0.2) is 17.0 Å². The van der Waals surface area contributed by atoms with Crippen molar-refractivity contribution in [2.24, 2.45) is 5.92 Å². The maximum absolute atomic E-state index is 2.75. The lowest BCUT2D eigenvalue weighted by molar-refractivity contribution is 0.178. The highest BCUT2D eigenvalue weighted by Gasteiger charge is 2.41. The Morgan fingerprint density at radius 2 is 1.95 bits per heavy atom. The molecule has 1 heteroatoms. The molecule has 1 nitrogen and oxygen atoms in total. The lowest BCUT2D eigenvalue weighted by Crippen LogP contribution is -2.38. The molecule has 3 rings (SSSR count). The topological polar surface area (TPSA) is 3.24 Å². The van der Waals surface area contributed by atoms with Crippen molar-refractivity contribution in [3.05, 3.63) is 48.0 Å². The molecule has 0 unspecified atom stereocenters. The van der Waals surface area contributed by atoms with Gasteiger partial charge in [-0.3, -0.25) is 4.90 Å². The number of nitrogens with zero attached hydrogens (tertiary/aromatic N) is 1. The second kappa shape index (κ2) is 5.92. The van der Waals surface area contributed by atoms with E-state index in [-0.39, 0.29) is 0 Å². The van der Waals surface area contributed by atoms with Gasteiger partial charge in [-0.05, 0) is 24.3 Å². The largest absolute Gasteiger partial charge is 0.289 e. The van der Waals surface area contributed by atoms with E-state index in [0.717, 1.165) is 18.5 Å². The molecule has 0 radical (unpaired) electrons. The third-order valence-electron chi connectivity index (χ3n) is 4.75. The fourth-order valence-corrected chi connectivity index (χ4v) is 3.74. The van der Waals surface area contributed by atoms with Crippen LogP contribution in [0.1, 0.15) is 44.6 Å². The normalized spacial score (nSPS) is 29.2. The molecule has 2 bridgehead atoms. The number of rotatable bonds is 6. The van der Waals surface area contributed by atoms with Gasteiger partial charge in [-0.25, -0.2) is 0 Å². The highest BCUT2D eigenvalue weighted by atomic mass is 15.2. The van der Waals surface area contributed by atoms with E-state index in [1.807, 2.05) is 0 Å². The van der Waals surface area contributed by atoms with E-state index in [2.05, 4.69) is 54.3 Å². The standard InChI is InChI=1S/C18H25N/c1-2-3-5-10-18-16-11-12-17(13-16)19(18)14-15-8-6-4-7-9-15/h4,6-9,11-12,16-18H,2-3,5,10,13-14H2,1H3/t16-,17+,18+/m0/s1. The molecule has 0 amide bonds. The first kappa shape index (κ1) is 12.9. The van der Waals surface area contributed by atoms with Gasteiger partial charge in [0.15, 0.2) is 0 Å². The van der Waals surface area contributed by atoms with Gasteiger partial charge >= 0.3 is 0 Å². The summed E-state index contributed by atoms with van der Waals surface area (Å²) in [7, 11) is 0. The van der Waals surface area contributed by atoms with E-state index >= 15 is 0 Å². The van der Waals surface area contributed by atoms with E-state index in [0.29, 0.717) is 6.04 Å². The average Bonchev–Trinajstić information content (AvgIpc) is 3.03. The average molecular weight is 255 g/mol. The van der Waals surface area contributed by atoms with Gasteiger partial charge in [-0.1, -0.05) is 68.7 Å². The second-order valence-corrected chi connectivity index (χ2v) is 6.07. The molecule has 0 N–H and O–H groups in total. The van der Waals surface area contributed by atoms with Crippen LogP contribution in [0.5, 0.6) is 0 Å². The van der Waals surface area contributed by atoms with E-state index in [1.165, 1.54) is 37.7 Å². The van der Waals surface area contributed by atoms with Crippen LogP contribution >= 0.6 is 0 Å². The molecule has 1 saturated heterocycles. The molecule has 1 heterocycles. The molecule has 2 aliphatic rings. The molecule has 0 aromatic heterocycles. The maximum Gasteiger partial charge on any atom is 0.0291 e. The van der Waals surface area contributed by atoms with Crippen LogP contribution in [0, 0.1) is 5.92 Å². The summed E-state index contributed by atoms with van der Waals surface area (Å²) in [6.45, 7) is 3.42. The quantitative estimate of drug-likeness (QED) is 0.538. The minimum atomic E-state index is 0.705. The summed E-state index contributed by atoms with van der Waals surface area (Å²) < 4.78 is 0. The van der Waals surface area contributed by atoms with Crippen LogP contribution in [-0.2, 0) is 6.54 Å². The predicted octanol–water partition coefficient (Wildman–Crippen LogP) is 4.40. The van der Waals surface area contributed by atoms with Gasteiger partial charge in [0.25, 0.3) is 0 Å². The van der Waals surface area contributed by atoms with Gasteiger partial charge in [-0.2, -0.15) is 0 Å². The number of hydrogen-bond donors (Lipinski definition) is 0. The Morgan fingerprint density at radius 1 is 1.11 bits per heavy atom. The first-order chi connectivity index (χ1) is 9.38. The second-order valence-electron chi connectivity index (χ2n) is 6.07. The van der Waals surface area contributed by atoms with E-state index in [4.69, 9.17) is 0 Å². The highest BCUT2D eigenvalue weighted by molar-refractivity contribution is 5.20. The number of likely N-dealkylation sites (tertiary alicyclic amines) is 1. The smallest absolute Gasteiger partial charge is 0.0291 e. The maximum atomic E-state index is 2.75. The van der Waals surface area contributed by atoms with Gasteiger partial charge in [0, 0.05) is 18.6 Å². The first-order valence-electron chi connectivity index (χ1n) is 7.86. The van der Waals surface area contributed by atoms with Crippen molar-refractivity contribution in [2.75, 3.05) is 0 Å². The Bertz CT molecular complexity index is 423. The molecule has 0 saturated carbocycles. The van der Waals surface area contributed by atoms with Gasteiger partial charge < -0.3 is 0 Å². The van der Waals surface area contributed by atoms with Crippen molar-refractivity contribution < 1.29 is 0 Å². The van der Waals surface area contributed by atoms with Crippen molar-refractivity contribution in [2.45, 2.75) is 57.7 Å². The Hall–Kier alpha value is -1.08. The molecule has 1 aliphatic heterocycles. The predicted molar refractivity (Wildman–Crippen MR) is 81.0 cm³/mol. The molecule has 1 fully saturated rings. The number of benzene rings is 1. The molecule has 0 spiro atoms. The molecule has 1 aliphatic carbocycles. The van der Waals surface area contributed by atoms with E-state index in [9.17, 15) is 0 Å². The summed E-state index contributed by atoms with van der Waals surface area (Å²) in [6.07, 6.45) is 11.8. The zero-order valence-corrected chi connectivity index (χ0v) is 12.0. The molecule has 1 aromatic rings. The van der Waals surface area contributed by atoms with Crippen LogP contribution < -0.4 is 0 Å². The van der Waals surface area contributed by atoms with Crippen LogP contribution in [0.2, 0.25) is 0 Å². The molecular weight excluding hydrogens is 230 g/mol. The lowest BCUT2D eigenvalue weighted by atomic mass is 9.96. The van der Waals surface area contributed by atoms with Crippen molar-refractivity contribution >= 4 is 0 Å². The third kappa shape index (κ3) is 2.76.